The van der Waals surface area contributed by atoms with Gasteiger partial charge >= 0.3 is 0 Å². The number of benzene rings is 1. The molecule has 1 heterocycles. The van der Waals surface area contributed by atoms with E-state index in [0.717, 1.165) is 25.9 Å². The van der Waals surface area contributed by atoms with Crippen LogP contribution in [0, 0.1) is 5.92 Å². The van der Waals surface area contributed by atoms with Crippen molar-refractivity contribution in [2.75, 3.05) is 31.9 Å². The maximum Gasteiger partial charge on any atom is 0.238 e. The monoisotopic (exact) mass is 358 g/mol. The quantitative estimate of drug-likeness (QED) is 0.844. The normalized spacial score (nSPS) is 16.5. The highest BCUT2D eigenvalue weighted by Gasteiger charge is 2.27. The molecule has 5 nitrogen and oxygen atoms in total. The van der Waals surface area contributed by atoms with Crippen molar-refractivity contribution < 1.29 is 13.2 Å². The number of likely N-dealkylation sites (tertiary alicyclic amines) is 1. The molecular weight excluding hydrogens is 336 g/mol. The van der Waals surface area contributed by atoms with Crippen molar-refractivity contribution in [2.45, 2.75) is 24.7 Å². The third-order valence-corrected chi connectivity index (χ3v) is 6.01. The Balaban J connectivity index is 1.90. The molecule has 0 radical (unpaired) electrons. The molecule has 1 aliphatic rings. The third kappa shape index (κ3) is 5.19. The van der Waals surface area contributed by atoms with Crippen LogP contribution < -0.4 is 5.32 Å². The summed E-state index contributed by atoms with van der Waals surface area (Å²) in [5, 5.41) is 3.79. The van der Waals surface area contributed by atoms with Crippen LogP contribution in [0.15, 0.2) is 29.2 Å². The Hall–Kier alpha value is -1.11. The minimum Gasteiger partial charge on any atom is -0.342 e. The molecule has 0 unspecified atom stereocenters. The van der Waals surface area contributed by atoms with Crippen molar-refractivity contribution in [3.05, 3.63) is 29.3 Å². The van der Waals surface area contributed by atoms with Gasteiger partial charge in [0.05, 0.1) is 4.90 Å². The average molecular weight is 359 g/mol. The van der Waals surface area contributed by atoms with Gasteiger partial charge in [0.1, 0.15) is 5.75 Å². The Kier molecular flexibility index (Phi) is 6.44. The van der Waals surface area contributed by atoms with Gasteiger partial charge in [-0.15, -0.1) is 0 Å². The van der Waals surface area contributed by atoms with Crippen molar-refractivity contribution in [1.29, 1.82) is 0 Å². The van der Waals surface area contributed by atoms with E-state index in [4.69, 9.17) is 11.6 Å². The van der Waals surface area contributed by atoms with Crippen molar-refractivity contribution in [1.82, 2.24) is 10.2 Å². The second kappa shape index (κ2) is 8.13. The maximum absolute atomic E-state index is 12.3. The minimum absolute atomic E-state index is 0.136. The molecule has 23 heavy (non-hydrogen) atoms. The second-order valence-corrected chi connectivity index (χ2v) is 8.27. The molecule has 1 amide bonds. The van der Waals surface area contributed by atoms with Crippen LogP contribution in [-0.2, 0) is 14.6 Å². The summed E-state index contributed by atoms with van der Waals surface area (Å²) in [5.41, 5.74) is 0. The fourth-order valence-corrected chi connectivity index (χ4v) is 4.07. The molecule has 7 heteroatoms. The second-order valence-electron chi connectivity index (χ2n) is 5.84. The Morgan fingerprint density at radius 3 is 2.43 bits per heavy atom. The van der Waals surface area contributed by atoms with E-state index in [0.29, 0.717) is 24.0 Å². The first-order chi connectivity index (χ1) is 10.9. The maximum atomic E-state index is 12.3. The van der Waals surface area contributed by atoms with Gasteiger partial charge in [-0.3, -0.25) is 4.79 Å². The van der Waals surface area contributed by atoms with Crippen LogP contribution in [0.25, 0.3) is 0 Å². The summed E-state index contributed by atoms with van der Waals surface area (Å²) in [6, 6.07) is 5.91. The highest BCUT2D eigenvalue weighted by molar-refractivity contribution is 7.92. The number of carbonyl (C=O) groups is 1. The number of hydrogen-bond acceptors (Lipinski definition) is 4. The van der Waals surface area contributed by atoms with E-state index < -0.39 is 15.6 Å². The van der Waals surface area contributed by atoms with Gasteiger partial charge in [-0.1, -0.05) is 18.5 Å². The molecule has 1 N–H and O–H groups in total. The fourth-order valence-electron chi connectivity index (χ4n) is 2.71. The summed E-state index contributed by atoms with van der Waals surface area (Å²) in [6.07, 6.45) is 1.83. The Morgan fingerprint density at radius 2 is 1.87 bits per heavy atom. The highest BCUT2D eigenvalue weighted by Crippen LogP contribution is 2.19. The molecule has 1 fully saturated rings. The SMILES string of the molecule is CCNCC1CCN(C(=O)CS(=O)(=O)c2ccc(Cl)cc2)CC1. The van der Waals surface area contributed by atoms with E-state index in [2.05, 4.69) is 12.2 Å². The molecule has 0 aliphatic carbocycles. The van der Waals surface area contributed by atoms with Crippen molar-refractivity contribution in [2.24, 2.45) is 5.92 Å². The summed E-state index contributed by atoms with van der Waals surface area (Å²) in [6.45, 7) is 5.23. The van der Waals surface area contributed by atoms with Crippen LogP contribution in [-0.4, -0.2) is 51.2 Å². The number of halogens is 1. The van der Waals surface area contributed by atoms with Gasteiger partial charge in [0.2, 0.25) is 5.91 Å². The molecule has 1 aliphatic heterocycles. The number of amides is 1. The molecule has 0 aromatic heterocycles. The van der Waals surface area contributed by atoms with Crippen LogP contribution in [0.5, 0.6) is 0 Å². The minimum atomic E-state index is -3.62. The first kappa shape index (κ1) is 18.2. The molecule has 0 bridgehead atoms. The summed E-state index contributed by atoms with van der Waals surface area (Å²) < 4.78 is 24.6. The summed E-state index contributed by atoms with van der Waals surface area (Å²) in [5.74, 6) is -0.235. The zero-order valence-corrected chi connectivity index (χ0v) is 14.9. The van der Waals surface area contributed by atoms with Crippen molar-refractivity contribution >= 4 is 27.3 Å². The molecule has 1 aromatic rings. The van der Waals surface area contributed by atoms with E-state index in [1.165, 1.54) is 24.3 Å². The Morgan fingerprint density at radius 1 is 1.26 bits per heavy atom. The molecule has 1 saturated heterocycles. The molecule has 128 valence electrons. The number of piperidine rings is 1. The summed E-state index contributed by atoms with van der Waals surface area (Å²) >= 11 is 5.76. The lowest BCUT2D eigenvalue weighted by atomic mass is 9.97. The molecule has 2 rings (SSSR count). The molecule has 0 saturated carbocycles. The van der Waals surface area contributed by atoms with Gasteiger partial charge in [0.15, 0.2) is 9.84 Å². The van der Waals surface area contributed by atoms with E-state index in [9.17, 15) is 13.2 Å². The predicted molar refractivity (Wildman–Crippen MR) is 91.4 cm³/mol. The van der Waals surface area contributed by atoms with E-state index in [1.54, 1.807) is 4.90 Å². The van der Waals surface area contributed by atoms with Gasteiger partial charge in [0, 0.05) is 18.1 Å². The van der Waals surface area contributed by atoms with Gasteiger partial charge in [0.25, 0.3) is 0 Å². The van der Waals surface area contributed by atoms with E-state index >= 15 is 0 Å². The number of carbonyl (C=O) groups excluding carboxylic acids is 1. The van der Waals surface area contributed by atoms with E-state index in [1.807, 2.05) is 0 Å². The number of nitrogens with zero attached hydrogens (tertiary/aromatic N) is 1. The predicted octanol–water partition coefficient (Wildman–Crippen LogP) is 1.96. The van der Waals surface area contributed by atoms with Gasteiger partial charge < -0.3 is 10.2 Å². The highest BCUT2D eigenvalue weighted by atomic mass is 35.5. The van der Waals surface area contributed by atoms with Crippen LogP contribution in [0.3, 0.4) is 0 Å². The standard InChI is InChI=1S/C16H23ClN2O3S/c1-2-18-11-13-7-9-19(10-8-13)16(20)12-23(21,22)15-5-3-14(17)4-6-15/h3-6,13,18H,2,7-12H2,1H3. The van der Waals surface area contributed by atoms with Crippen molar-refractivity contribution in [3.8, 4) is 0 Å². The summed E-state index contributed by atoms with van der Waals surface area (Å²) in [4.78, 5) is 14.1. The zero-order valence-electron chi connectivity index (χ0n) is 13.3. The Labute approximate surface area is 142 Å². The zero-order chi connectivity index (χ0) is 16.9. The number of sulfone groups is 1. The Bertz CT molecular complexity index is 623. The summed E-state index contributed by atoms with van der Waals surface area (Å²) in [7, 11) is -3.62. The molecule has 0 spiro atoms. The lowest BCUT2D eigenvalue weighted by molar-refractivity contribution is -0.129. The smallest absolute Gasteiger partial charge is 0.238 e. The van der Waals surface area contributed by atoms with Crippen molar-refractivity contribution in [3.63, 3.8) is 0 Å². The van der Waals surface area contributed by atoms with Crippen LogP contribution in [0.2, 0.25) is 5.02 Å². The average Bonchev–Trinajstić information content (AvgIpc) is 2.53. The lowest BCUT2D eigenvalue weighted by Crippen LogP contribution is -2.43. The molecule has 1 aromatic carbocycles. The fraction of sp³-hybridized carbons (Fsp3) is 0.562. The lowest BCUT2D eigenvalue weighted by Gasteiger charge is -2.32. The topological polar surface area (TPSA) is 66.5 Å². The van der Waals surface area contributed by atoms with Crippen LogP contribution >= 0.6 is 11.6 Å². The number of rotatable bonds is 6. The van der Waals surface area contributed by atoms with E-state index in [-0.39, 0.29) is 10.8 Å². The van der Waals surface area contributed by atoms with Gasteiger partial charge in [-0.2, -0.15) is 0 Å². The first-order valence-electron chi connectivity index (χ1n) is 7.89. The van der Waals surface area contributed by atoms with Gasteiger partial charge in [-0.25, -0.2) is 8.42 Å². The third-order valence-electron chi connectivity index (χ3n) is 4.14. The van der Waals surface area contributed by atoms with Gasteiger partial charge in [-0.05, 0) is 56.1 Å². The van der Waals surface area contributed by atoms with Crippen LogP contribution in [0.1, 0.15) is 19.8 Å². The van der Waals surface area contributed by atoms with Crippen LogP contribution in [0.4, 0.5) is 0 Å². The first-order valence-corrected chi connectivity index (χ1v) is 9.92. The number of nitrogens with one attached hydrogen (secondary N) is 1. The molecular formula is C16H23ClN2O3S. The largest absolute Gasteiger partial charge is 0.342 e. The molecule has 0 atom stereocenters. The number of hydrogen-bond donors (Lipinski definition) is 1.